The van der Waals surface area contributed by atoms with E-state index in [-0.39, 0.29) is 22.8 Å². The summed E-state index contributed by atoms with van der Waals surface area (Å²) in [6.07, 6.45) is 2.41. The Bertz CT molecular complexity index is 1600. The lowest BCUT2D eigenvalue weighted by Gasteiger charge is -2.64. The number of phenolic OH excluding ortho intramolecular Hbond substituents is 1. The fourth-order valence-electron chi connectivity index (χ4n) is 8.84. The van der Waals surface area contributed by atoms with E-state index in [1.807, 2.05) is 33.8 Å². The summed E-state index contributed by atoms with van der Waals surface area (Å²) in [6.45, 7) is 12.3. The minimum atomic E-state index is -2.66. The average molecular weight is 587 g/mol. The van der Waals surface area contributed by atoms with Crippen LogP contribution in [0.2, 0.25) is 0 Å². The van der Waals surface area contributed by atoms with E-state index in [0.29, 0.717) is 12.0 Å². The highest BCUT2D eigenvalue weighted by molar-refractivity contribution is 6.25. The predicted molar refractivity (Wildman–Crippen MR) is 163 cm³/mol. The maximum absolute atomic E-state index is 14.3. The van der Waals surface area contributed by atoms with Crippen LogP contribution in [-0.4, -0.2) is 43.4 Å². The van der Waals surface area contributed by atoms with Crippen LogP contribution in [0.25, 0.3) is 0 Å². The van der Waals surface area contributed by atoms with Gasteiger partial charge in [0.05, 0.1) is 5.56 Å². The third-order valence-electron chi connectivity index (χ3n) is 11.1. The van der Waals surface area contributed by atoms with Gasteiger partial charge in [0.1, 0.15) is 22.8 Å². The lowest BCUT2D eigenvalue weighted by atomic mass is 9.38. The van der Waals surface area contributed by atoms with Crippen LogP contribution in [0.1, 0.15) is 87.9 Å². The molecule has 1 unspecified atom stereocenters. The zero-order chi connectivity index (χ0) is 31.8. The van der Waals surface area contributed by atoms with Gasteiger partial charge >= 0.3 is 0 Å². The van der Waals surface area contributed by atoms with Gasteiger partial charge in [0, 0.05) is 22.3 Å². The van der Waals surface area contributed by atoms with Crippen LogP contribution >= 0.6 is 0 Å². The van der Waals surface area contributed by atoms with Crippen LogP contribution in [0.15, 0.2) is 65.1 Å². The molecule has 0 heterocycles. The van der Waals surface area contributed by atoms with E-state index in [0.717, 1.165) is 25.3 Å². The maximum Gasteiger partial charge on any atom is 0.209 e. The van der Waals surface area contributed by atoms with E-state index in [1.54, 1.807) is 13.0 Å². The number of fused-ring (bicyclic) bond motifs is 3. The molecule has 5 rings (SSSR count). The topological polar surface area (TPSA) is 132 Å². The van der Waals surface area contributed by atoms with Crippen LogP contribution in [-0.2, 0) is 22.4 Å². The minimum absolute atomic E-state index is 0.0300. The van der Waals surface area contributed by atoms with Crippen molar-refractivity contribution in [3.8, 4) is 5.75 Å². The largest absolute Gasteiger partial charge is 0.511 e. The summed E-state index contributed by atoms with van der Waals surface area (Å²) in [5.74, 6) is -6.33. The summed E-state index contributed by atoms with van der Waals surface area (Å²) < 4.78 is 0. The zero-order valence-corrected chi connectivity index (χ0v) is 26.0. The monoisotopic (exact) mass is 586 g/mol. The number of rotatable bonds is 6. The molecule has 2 aromatic rings. The van der Waals surface area contributed by atoms with Crippen molar-refractivity contribution < 1.29 is 34.8 Å². The number of ketones is 3. The number of aryl methyl sites for hydroxylation is 1. The first-order chi connectivity index (χ1) is 20.1. The zero-order valence-electron chi connectivity index (χ0n) is 26.0. The molecule has 0 spiro atoms. The SMILES string of the molecule is CCCc1ccc(C[C@@H]2c3cccc(O)c3C(=O)C3=C(O)[C@@]4(O)C(=O)C(C(C)=O)=C(O)C(C(C)C)[C@@]4(C)[C@H](C)[C@]32C)cc1. The molecule has 3 aliphatic carbocycles. The molecule has 0 aromatic heterocycles. The van der Waals surface area contributed by atoms with Crippen molar-refractivity contribution in [1.29, 1.82) is 0 Å². The molecule has 0 saturated carbocycles. The molecular weight excluding hydrogens is 544 g/mol. The number of carbonyl (C=O) groups is 3. The van der Waals surface area contributed by atoms with Gasteiger partial charge < -0.3 is 20.4 Å². The molecule has 7 nitrogen and oxygen atoms in total. The first-order valence-corrected chi connectivity index (χ1v) is 15.2. The number of hydrogen-bond acceptors (Lipinski definition) is 7. The Hall–Kier alpha value is -3.71. The fourth-order valence-corrected chi connectivity index (χ4v) is 8.84. The normalized spacial score (nSPS) is 32.1. The number of aromatic hydroxyl groups is 1. The van der Waals surface area contributed by atoms with E-state index in [4.69, 9.17) is 0 Å². The predicted octanol–water partition coefficient (Wildman–Crippen LogP) is 6.33. The van der Waals surface area contributed by atoms with Crippen molar-refractivity contribution in [3.05, 3.63) is 87.4 Å². The van der Waals surface area contributed by atoms with Gasteiger partial charge in [-0.2, -0.15) is 0 Å². The molecule has 2 aromatic carbocycles. The highest BCUT2D eigenvalue weighted by Crippen LogP contribution is 2.70. The second-order valence-corrected chi connectivity index (χ2v) is 13.5. The molecule has 0 aliphatic heterocycles. The van der Waals surface area contributed by atoms with Crippen molar-refractivity contribution in [1.82, 2.24) is 0 Å². The van der Waals surface area contributed by atoms with Gasteiger partial charge in [-0.25, -0.2) is 0 Å². The molecule has 228 valence electrons. The molecule has 0 radical (unpaired) electrons. The van der Waals surface area contributed by atoms with E-state index < -0.39 is 68.6 Å². The number of hydrogen-bond donors (Lipinski definition) is 4. The Morgan fingerprint density at radius 1 is 0.977 bits per heavy atom. The summed E-state index contributed by atoms with van der Waals surface area (Å²) in [5, 5.41) is 47.1. The second kappa shape index (κ2) is 10.2. The Morgan fingerprint density at radius 2 is 1.58 bits per heavy atom. The third kappa shape index (κ3) is 3.86. The number of aliphatic hydroxyl groups is 3. The second-order valence-electron chi connectivity index (χ2n) is 13.5. The lowest BCUT2D eigenvalue weighted by Crippen LogP contribution is -2.71. The summed E-state index contributed by atoms with van der Waals surface area (Å²) >= 11 is 0. The minimum Gasteiger partial charge on any atom is -0.511 e. The number of phenols is 1. The first-order valence-electron chi connectivity index (χ1n) is 15.2. The molecule has 3 aliphatic rings. The molecule has 0 fully saturated rings. The Labute approximate surface area is 253 Å². The van der Waals surface area contributed by atoms with Crippen LogP contribution in [0, 0.1) is 28.6 Å². The van der Waals surface area contributed by atoms with Crippen molar-refractivity contribution in [2.24, 2.45) is 28.6 Å². The van der Waals surface area contributed by atoms with Gasteiger partial charge in [0.15, 0.2) is 17.2 Å². The summed E-state index contributed by atoms with van der Waals surface area (Å²) in [4.78, 5) is 41.1. The summed E-state index contributed by atoms with van der Waals surface area (Å²) in [6, 6.07) is 13.2. The first kappa shape index (κ1) is 30.7. The third-order valence-corrected chi connectivity index (χ3v) is 11.1. The summed E-state index contributed by atoms with van der Waals surface area (Å²) in [7, 11) is 0. The number of carbonyl (C=O) groups excluding carboxylic acids is 3. The van der Waals surface area contributed by atoms with E-state index >= 15 is 0 Å². The maximum atomic E-state index is 14.3. The Kier molecular flexibility index (Phi) is 7.28. The van der Waals surface area contributed by atoms with Gasteiger partial charge in [-0.3, -0.25) is 14.4 Å². The average Bonchev–Trinajstić information content (AvgIpc) is 2.93. The molecule has 0 bridgehead atoms. The van der Waals surface area contributed by atoms with Crippen molar-refractivity contribution >= 4 is 17.3 Å². The van der Waals surface area contributed by atoms with Crippen LogP contribution in [0.4, 0.5) is 0 Å². The van der Waals surface area contributed by atoms with Crippen LogP contribution in [0.5, 0.6) is 5.75 Å². The molecule has 6 atom stereocenters. The molecule has 43 heavy (non-hydrogen) atoms. The van der Waals surface area contributed by atoms with Gasteiger partial charge in [-0.1, -0.05) is 84.4 Å². The molecule has 7 heteroatoms. The van der Waals surface area contributed by atoms with Crippen molar-refractivity contribution in [3.63, 3.8) is 0 Å². The Balaban J connectivity index is 1.84. The van der Waals surface area contributed by atoms with Gasteiger partial charge in [0.2, 0.25) is 5.78 Å². The van der Waals surface area contributed by atoms with Crippen molar-refractivity contribution in [2.75, 3.05) is 0 Å². The fraction of sp³-hybridized carbons (Fsp3) is 0.472. The van der Waals surface area contributed by atoms with Gasteiger partial charge in [0.25, 0.3) is 0 Å². The highest BCUT2D eigenvalue weighted by atomic mass is 16.3. The van der Waals surface area contributed by atoms with E-state index in [1.165, 1.54) is 11.6 Å². The quantitative estimate of drug-likeness (QED) is 0.291. The standard InChI is InChI=1S/C36H42O7/c1-8-10-21-13-15-22(16-14-21)17-24-23-11-9-12-25(38)27(23)31(40)29-33(42)36(43)32(41)26(19(4)37)30(39)28(18(2)3)35(36,7)20(5)34(24,29)6/h9,11-16,18,20,24,28,38-39,42-43H,8,10,17H2,1-7H3/t20-,24-,28?,34+,35-,36+/m1/s1. The number of aliphatic hydroxyl groups excluding tert-OH is 2. The van der Waals surface area contributed by atoms with E-state index in [2.05, 4.69) is 31.2 Å². The van der Waals surface area contributed by atoms with Crippen LogP contribution in [0.3, 0.4) is 0 Å². The smallest absolute Gasteiger partial charge is 0.209 e. The molecule has 0 amide bonds. The number of allylic oxidation sites excluding steroid dienone is 2. The number of Topliss-reactive ketones (excluding diaryl/α,β-unsaturated/α-hetero) is 3. The van der Waals surface area contributed by atoms with Crippen molar-refractivity contribution in [2.45, 2.75) is 79.2 Å². The molecule has 0 saturated heterocycles. The lowest BCUT2D eigenvalue weighted by molar-refractivity contribution is -0.189. The highest BCUT2D eigenvalue weighted by Gasteiger charge is 2.75. The summed E-state index contributed by atoms with van der Waals surface area (Å²) in [5.41, 5.74) is -3.16. The number of benzene rings is 2. The van der Waals surface area contributed by atoms with Gasteiger partial charge in [-0.05, 0) is 60.3 Å². The molecular formula is C36H42O7. The van der Waals surface area contributed by atoms with Crippen LogP contribution < -0.4 is 0 Å². The Morgan fingerprint density at radius 3 is 2.14 bits per heavy atom. The van der Waals surface area contributed by atoms with E-state index in [9.17, 15) is 34.8 Å². The molecule has 4 N–H and O–H groups in total. The van der Waals surface area contributed by atoms with Gasteiger partial charge in [-0.15, -0.1) is 0 Å².